The first-order valence-electron chi connectivity index (χ1n) is 34.5. The van der Waals surface area contributed by atoms with E-state index >= 15 is 0 Å². The van der Waals surface area contributed by atoms with Crippen LogP contribution in [0.15, 0.2) is 0 Å². The number of unbranched alkanes of at least 4 members (excludes halogenated alkanes) is 34. The number of esters is 4. The highest BCUT2D eigenvalue weighted by Gasteiger charge is 2.30. The third-order valence-electron chi connectivity index (χ3n) is 15.6. The zero-order valence-corrected chi connectivity index (χ0v) is 56.7. The van der Waals surface area contributed by atoms with Gasteiger partial charge in [-0.15, -0.1) is 0 Å². The fraction of sp³-hybridized carbons (Fsp3) is 0.939. The van der Waals surface area contributed by atoms with Crippen molar-refractivity contribution in [3.05, 3.63) is 0 Å². The molecule has 0 rings (SSSR count). The molecule has 0 radical (unpaired) electrons. The molecule has 0 aliphatic heterocycles. The summed E-state index contributed by atoms with van der Waals surface area (Å²) in [5.41, 5.74) is 0. The van der Waals surface area contributed by atoms with Crippen LogP contribution in [0.25, 0.3) is 0 Å². The highest BCUT2D eigenvalue weighted by molar-refractivity contribution is 7.47. The number of carbonyl (C=O) groups excluding carboxylic acids is 4. The zero-order chi connectivity index (χ0) is 62.9. The first-order chi connectivity index (χ1) is 40.9. The first-order valence-corrected chi connectivity index (χ1v) is 37.5. The van der Waals surface area contributed by atoms with E-state index in [1.54, 1.807) is 0 Å². The topological polar surface area (TPSA) is 237 Å². The van der Waals surface area contributed by atoms with E-state index in [4.69, 9.17) is 37.0 Å². The van der Waals surface area contributed by atoms with Crippen LogP contribution >= 0.6 is 15.6 Å². The molecule has 0 fully saturated rings. The lowest BCUT2D eigenvalue weighted by molar-refractivity contribution is -0.161. The number of carbonyl (C=O) groups is 4. The number of phosphoric acid groups is 2. The van der Waals surface area contributed by atoms with Crippen molar-refractivity contribution >= 4 is 39.5 Å². The summed E-state index contributed by atoms with van der Waals surface area (Å²) in [6.45, 7) is 9.44. The summed E-state index contributed by atoms with van der Waals surface area (Å²) in [6.07, 6.45) is 41.8. The Kier molecular flexibility index (Phi) is 57.1. The largest absolute Gasteiger partial charge is 0.472 e. The monoisotopic (exact) mass is 1250 g/mol. The van der Waals surface area contributed by atoms with E-state index in [1.165, 1.54) is 135 Å². The third-order valence-corrected chi connectivity index (χ3v) is 17.5. The molecule has 0 spiro atoms. The number of hydrogen-bond donors (Lipinski definition) is 3. The van der Waals surface area contributed by atoms with Crippen LogP contribution in [0.3, 0.4) is 0 Å². The second-order valence-corrected chi connectivity index (χ2v) is 27.5. The number of hydrogen-bond acceptors (Lipinski definition) is 15. The molecule has 85 heavy (non-hydrogen) atoms. The Morgan fingerprint density at radius 3 is 0.894 bits per heavy atom. The average Bonchev–Trinajstić information content (AvgIpc) is 3.59. The molecule has 6 atom stereocenters. The second kappa shape index (κ2) is 58.4. The average molecular weight is 1260 g/mol. The van der Waals surface area contributed by atoms with Crippen LogP contribution in [0.1, 0.15) is 330 Å². The van der Waals surface area contributed by atoms with Gasteiger partial charge in [0.2, 0.25) is 0 Å². The van der Waals surface area contributed by atoms with Crippen molar-refractivity contribution in [2.45, 2.75) is 349 Å². The Labute approximate surface area is 517 Å². The lowest BCUT2D eigenvalue weighted by Crippen LogP contribution is -2.30. The number of aliphatic hydroxyl groups excluding tert-OH is 1. The van der Waals surface area contributed by atoms with Gasteiger partial charge in [0.1, 0.15) is 19.3 Å². The van der Waals surface area contributed by atoms with Gasteiger partial charge in [0.25, 0.3) is 0 Å². The van der Waals surface area contributed by atoms with E-state index in [1.807, 2.05) is 0 Å². The highest BCUT2D eigenvalue weighted by Crippen LogP contribution is 2.45. The third kappa shape index (κ3) is 59.5. The molecule has 0 amide bonds. The van der Waals surface area contributed by atoms with Gasteiger partial charge in [-0.05, 0) is 37.5 Å². The summed E-state index contributed by atoms with van der Waals surface area (Å²) >= 11 is 0. The summed E-state index contributed by atoms with van der Waals surface area (Å²) < 4.78 is 68.0. The molecule has 3 unspecified atom stereocenters. The van der Waals surface area contributed by atoms with Crippen molar-refractivity contribution in [3.63, 3.8) is 0 Å². The minimum Gasteiger partial charge on any atom is -0.462 e. The highest BCUT2D eigenvalue weighted by atomic mass is 31.2. The van der Waals surface area contributed by atoms with Crippen molar-refractivity contribution in [2.75, 3.05) is 39.6 Å². The van der Waals surface area contributed by atoms with Gasteiger partial charge in [-0.3, -0.25) is 37.3 Å². The molecule has 0 aromatic carbocycles. The van der Waals surface area contributed by atoms with E-state index < -0.39 is 97.5 Å². The van der Waals surface area contributed by atoms with E-state index in [0.29, 0.717) is 25.7 Å². The van der Waals surface area contributed by atoms with Crippen molar-refractivity contribution in [1.29, 1.82) is 0 Å². The molecule has 0 saturated heterocycles. The Morgan fingerprint density at radius 1 is 0.341 bits per heavy atom. The minimum absolute atomic E-state index is 0.103. The normalized spacial score (nSPS) is 14.6. The fourth-order valence-electron chi connectivity index (χ4n) is 9.85. The molecule has 17 nitrogen and oxygen atoms in total. The second-order valence-electron chi connectivity index (χ2n) is 24.6. The maximum absolute atomic E-state index is 13.0. The smallest absolute Gasteiger partial charge is 0.462 e. The quantitative estimate of drug-likeness (QED) is 0.0222. The molecule has 0 saturated carbocycles. The maximum atomic E-state index is 13.0. The molecule has 0 aliphatic carbocycles. The number of ether oxygens (including phenoxy) is 4. The van der Waals surface area contributed by atoms with Gasteiger partial charge in [-0.25, -0.2) is 9.13 Å². The van der Waals surface area contributed by atoms with E-state index in [9.17, 15) is 43.2 Å². The lowest BCUT2D eigenvalue weighted by Gasteiger charge is -2.21. The molecule has 0 aromatic heterocycles. The molecular formula is C66H128O17P2. The maximum Gasteiger partial charge on any atom is 0.472 e. The zero-order valence-electron chi connectivity index (χ0n) is 54.9. The SMILES string of the molecule is CCCCCCCCCCCCCCCC(=O)OC[C@H](COP(=O)(O)OC[C@@H](O)COP(=O)(O)OC[C@@H](COC(=O)CCCCCCCCC)OC(=O)CCCCCCCCC(C)CC)OC(=O)CCCCCCCCCCCCCCC(C)C. The summed E-state index contributed by atoms with van der Waals surface area (Å²) in [4.78, 5) is 72.2. The minimum atomic E-state index is -4.95. The van der Waals surface area contributed by atoms with Crippen LogP contribution in [0.2, 0.25) is 0 Å². The van der Waals surface area contributed by atoms with Crippen molar-refractivity contribution in [3.8, 4) is 0 Å². The van der Waals surface area contributed by atoms with E-state index in [2.05, 4.69) is 41.5 Å². The van der Waals surface area contributed by atoms with Gasteiger partial charge >= 0.3 is 39.5 Å². The fourth-order valence-corrected chi connectivity index (χ4v) is 11.4. The van der Waals surface area contributed by atoms with Crippen LogP contribution in [0, 0.1) is 11.8 Å². The molecule has 0 bridgehead atoms. The number of phosphoric ester groups is 2. The first kappa shape index (κ1) is 83.1. The van der Waals surface area contributed by atoms with E-state index in [0.717, 1.165) is 115 Å². The summed E-state index contributed by atoms with van der Waals surface area (Å²) in [7, 11) is -9.89. The molecule has 3 N–H and O–H groups in total. The Balaban J connectivity index is 5.22. The van der Waals surface area contributed by atoms with Gasteiger partial charge in [0.05, 0.1) is 26.4 Å². The Hall–Kier alpha value is -1.94. The number of aliphatic hydroxyl groups is 1. The molecule has 0 heterocycles. The summed E-state index contributed by atoms with van der Waals surface area (Å²) in [5, 5.41) is 10.5. The molecule has 0 aromatic rings. The van der Waals surface area contributed by atoms with Crippen LogP contribution in [0.4, 0.5) is 0 Å². The van der Waals surface area contributed by atoms with Crippen LogP contribution in [-0.4, -0.2) is 96.7 Å². The summed E-state index contributed by atoms with van der Waals surface area (Å²) in [5.74, 6) is -0.639. The Morgan fingerprint density at radius 2 is 0.600 bits per heavy atom. The van der Waals surface area contributed by atoms with Crippen molar-refractivity contribution in [1.82, 2.24) is 0 Å². The van der Waals surface area contributed by atoms with E-state index in [-0.39, 0.29) is 25.7 Å². The number of rotatable bonds is 65. The van der Waals surface area contributed by atoms with Crippen LogP contribution in [0.5, 0.6) is 0 Å². The Bertz CT molecular complexity index is 1670. The summed E-state index contributed by atoms with van der Waals surface area (Å²) in [6, 6.07) is 0. The lowest BCUT2D eigenvalue weighted by atomic mass is 10.00. The van der Waals surface area contributed by atoms with Gasteiger partial charge in [0.15, 0.2) is 12.2 Å². The van der Waals surface area contributed by atoms with Crippen LogP contribution < -0.4 is 0 Å². The van der Waals surface area contributed by atoms with Gasteiger partial charge < -0.3 is 33.8 Å². The molecule has 0 aliphatic rings. The van der Waals surface area contributed by atoms with Gasteiger partial charge in [0, 0.05) is 25.7 Å². The van der Waals surface area contributed by atoms with Gasteiger partial charge in [-0.2, -0.15) is 0 Å². The van der Waals surface area contributed by atoms with Gasteiger partial charge in [-0.1, -0.05) is 279 Å². The molecular weight excluding hydrogens is 1130 g/mol. The van der Waals surface area contributed by atoms with Crippen molar-refractivity contribution < 1.29 is 80.2 Å². The van der Waals surface area contributed by atoms with Crippen LogP contribution in [-0.2, 0) is 65.4 Å². The molecule has 19 heteroatoms. The predicted molar refractivity (Wildman–Crippen MR) is 340 cm³/mol. The van der Waals surface area contributed by atoms with Crippen molar-refractivity contribution in [2.24, 2.45) is 11.8 Å². The molecule has 504 valence electrons. The standard InChI is InChI=1S/C66H128O17P2/c1-7-10-12-14-16-17-18-19-23-26-30-37-43-49-64(69)77-55-61(82-65(70)50-44-38-31-27-24-21-20-22-25-29-34-40-46-58(4)5)56-80-84(72,73)78-52-60(67)53-79-85(74,75)81-57-62(54-76-63(68)48-42-36-28-15-13-11-8-2)83-66(71)51-45-39-33-32-35-41-47-59(6)9-3/h58-62,67H,7-57H2,1-6H3,(H,72,73)(H,74,75)/t59?,60-,61-,62-/m1/s1. The predicted octanol–water partition coefficient (Wildman–Crippen LogP) is 18.4.